The first kappa shape index (κ1) is 14.5. The van der Waals surface area contributed by atoms with E-state index < -0.39 is 10.8 Å². The van der Waals surface area contributed by atoms with Crippen LogP contribution < -0.4 is 5.32 Å². The summed E-state index contributed by atoms with van der Waals surface area (Å²) in [6.07, 6.45) is 4.99. The zero-order valence-electron chi connectivity index (χ0n) is 11.7. The first-order valence-corrected chi connectivity index (χ1v) is 8.32. The van der Waals surface area contributed by atoms with Crippen molar-refractivity contribution in [2.75, 3.05) is 30.5 Å². The summed E-state index contributed by atoms with van der Waals surface area (Å²) >= 11 is 0. The molecule has 1 fully saturated rings. The molecule has 0 saturated carbocycles. The van der Waals surface area contributed by atoms with Crippen LogP contribution in [0.1, 0.15) is 25.0 Å². The van der Waals surface area contributed by atoms with E-state index in [1.165, 1.54) is 0 Å². The molecule has 108 valence electrons. The molecule has 0 atom stereocenters. The van der Waals surface area contributed by atoms with Gasteiger partial charge < -0.3 is 14.6 Å². The lowest BCUT2D eigenvalue weighted by Crippen LogP contribution is -2.30. The van der Waals surface area contributed by atoms with Gasteiger partial charge in [0.2, 0.25) is 5.95 Å². The molecule has 0 aromatic carbocycles. The minimum Gasteiger partial charge on any atom is -0.385 e. The van der Waals surface area contributed by atoms with Crippen LogP contribution in [0.15, 0.2) is 6.20 Å². The maximum absolute atomic E-state index is 11.4. The van der Waals surface area contributed by atoms with Gasteiger partial charge in [-0.15, -0.1) is 0 Å². The monoisotopic (exact) mass is 285 g/mol. The smallest absolute Gasteiger partial charge is 0.203 e. The highest BCUT2D eigenvalue weighted by atomic mass is 32.2. The molecule has 6 heteroatoms. The highest BCUT2D eigenvalue weighted by molar-refractivity contribution is 7.85. The zero-order valence-corrected chi connectivity index (χ0v) is 12.5. The van der Waals surface area contributed by atoms with Crippen LogP contribution in [-0.2, 0) is 22.1 Å². The zero-order chi connectivity index (χ0) is 13.7. The molecule has 2 rings (SSSR count). The van der Waals surface area contributed by atoms with Crippen molar-refractivity contribution in [1.82, 2.24) is 9.55 Å². The van der Waals surface area contributed by atoms with E-state index in [0.29, 0.717) is 6.04 Å². The number of aryl methyl sites for hydroxylation is 2. The summed E-state index contributed by atoms with van der Waals surface area (Å²) in [6, 6.07) is 0.403. The maximum atomic E-state index is 11.4. The van der Waals surface area contributed by atoms with Crippen molar-refractivity contribution in [2.45, 2.75) is 38.8 Å². The molecular weight excluding hydrogens is 262 g/mol. The number of hydrogen-bond acceptors (Lipinski definition) is 4. The normalized spacial score (nSPS) is 23.5. The number of nitrogens with zero attached hydrogens (tertiary/aromatic N) is 2. The minimum absolute atomic E-state index is 0.403. The molecule has 0 radical (unpaired) electrons. The van der Waals surface area contributed by atoms with Gasteiger partial charge in [-0.05, 0) is 26.2 Å². The highest BCUT2D eigenvalue weighted by Crippen LogP contribution is 2.16. The Labute approximate surface area is 117 Å². The summed E-state index contributed by atoms with van der Waals surface area (Å²) in [6.45, 7) is 3.68. The standard InChI is InChI=1S/C13H23N3O2S/c1-11-10-16(6-3-7-18-2)13(14-11)15-12-4-8-19(17)9-5-12/h10,12H,3-9H2,1-2H3,(H,14,15). The molecule has 0 bridgehead atoms. The largest absolute Gasteiger partial charge is 0.385 e. The van der Waals surface area contributed by atoms with Gasteiger partial charge in [-0.3, -0.25) is 4.21 Å². The lowest BCUT2D eigenvalue weighted by Gasteiger charge is -2.23. The number of methoxy groups -OCH3 is 1. The van der Waals surface area contributed by atoms with Crippen molar-refractivity contribution in [3.05, 3.63) is 11.9 Å². The second-order valence-corrected chi connectivity index (χ2v) is 6.71. The van der Waals surface area contributed by atoms with E-state index in [-0.39, 0.29) is 0 Å². The molecular formula is C13H23N3O2S. The number of nitrogens with one attached hydrogen (secondary N) is 1. The fourth-order valence-electron chi connectivity index (χ4n) is 2.33. The van der Waals surface area contributed by atoms with Gasteiger partial charge in [-0.2, -0.15) is 0 Å². The fraction of sp³-hybridized carbons (Fsp3) is 0.769. The Morgan fingerprint density at radius 2 is 2.26 bits per heavy atom. The van der Waals surface area contributed by atoms with Crippen molar-refractivity contribution in [1.29, 1.82) is 0 Å². The lowest BCUT2D eigenvalue weighted by molar-refractivity contribution is 0.190. The van der Waals surface area contributed by atoms with Gasteiger partial charge in [0.05, 0.1) is 5.69 Å². The van der Waals surface area contributed by atoms with E-state index in [1.807, 2.05) is 6.92 Å². The molecule has 1 aromatic heterocycles. The van der Waals surface area contributed by atoms with Gasteiger partial charge in [0, 0.05) is 54.8 Å². The topological polar surface area (TPSA) is 56.1 Å². The van der Waals surface area contributed by atoms with E-state index in [9.17, 15) is 4.21 Å². The van der Waals surface area contributed by atoms with Crippen LogP contribution in [-0.4, -0.2) is 45.0 Å². The maximum Gasteiger partial charge on any atom is 0.203 e. The Hall–Kier alpha value is -0.880. The molecule has 19 heavy (non-hydrogen) atoms. The summed E-state index contributed by atoms with van der Waals surface area (Å²) < 4.78 is 18.6. The third-order valence-electron chi connectivity index (χ3n) is 3.37. The summed E-state index contributed by atoms with van der Waals surface area (Å²) in [5.41, 5.74) is 1.03. The van der Waals surface area contributed by atoms with Gasteiger partial charge in [-0.25, -0.2) is 4.98 Å². The molecule has 1 aliphatic rings. The van der Waals surface area contributed by atoms with E-state index in [0.717, 1.165) is 55.6 Å². The van der Waals surface area contributed by atoms with E-state index in [2.05, 4.69) is 21.1 Å². The van der Waals surface area contributed by atoms with Crippen LogP contribution in [0.3, 0.4) is 0 Å². The van der Waals surface area contributed by atoms with Crippen molar-refractivity contribution in [2.24, 2.45) is 0 Å². The molecule has 0 aliphatic carbocycles. The van der Waals surface area contributed by atoms with Crippen LogP contribution in [0, 0.1) is 6.92 Å². The van der Waals surface area contributed by atoms with E-state index in [1.54, 1.807) is 7.11 Å². The van der Waals surface area contributed by atoms with Crippen LogP contribution in [0.25, 0.3) is 0 Å². The second kappa shape index (κ2) is 7.05. The molecule has 0 unspecified atom stereocenters. The van der Waals surface area contributed by atoms with Crippen LogP contribution in [0.5, 0.6) is 0 Å². The predicted octanol–water partition coefficient (Wildman–Crippen LogP) is 1.55. The third-order valence-corrected chi connectivity index (χ3v) is 4.75. The van der Waals surface area contributed by atoms with Gasteiger partial charge in [0.25, 0.3) is 0 Å². The molecule has 5 nitrogen and oxygen atoms in total. The third kappa shape index (κ3) is 4.31. The Kier molecular flexibility index (Phi) is 5.39. The number of aromatic nitrogens is 2. The number of hydrogen-bond donors (Lipinski definition) is 1. The number of imidazole rings is 1. The number of anilines is 1. The van der Waals surface area contributed by atoms with Crippen LogP contribution in [0.4, 0.5) is 5.95 Å². The van der Waals surface area contributed by atoms with Crippen molar-refractivity contribution in [3.8, 4) is 0 Å². The van der Waals surface area contributed by atoms with Gasteiger partial charge >= 0.3 is 0 Å². The number of ether oxygens (including phenoxy) is 1. The first-order valence-electron chi connectivity index (χ1n) is 6.83. The first-order chi connectivity index (χ1) is 9.19. The van der Waals surface area contributed by atoms with Crippen molar-refractivity contribution in [3.63, 3.8) is 0 Å². The number of rotatable bonds is 6. The predicted molar refractivity (Wildman–Crippen MR) is 78.0 cm³/mol. The van der Waals surface area contributed by atoms with Gasteiger partial charge in [0.15, 0.2) is 0 Å². The fourth-order valence-corrected chi connectivity index (χ4v) is 3.63. The molecule has 2 heterocycles. The SMILES string of the molecule is COCCCn1cc(C)nc1NC1CCS(=O)CC1. The Bertz CT molecular complexity index is 424. The lowest BCUT2D eigenvalue weighted by atomic mass is 10.2. The molecule has 1 saturated heterocycles. The summed E-state index contributed by atoms with van der Waals surface area (Å²) in [7, 11) is 1.11. The Morgan fingerprint density at radius 1 is 1.53 bits per heavy atom. The average Bonchev–Trinajstić information content (AvgIpc) is 2.73. The van der Waals surface area contributed by atoms with Gasteiger partial charge in [-0.1, -0.05) is 0 Å². The minimum atomic E-state index is -0.609. The molecule has 1 aromatic rings. The summed E-state index contributed by atoms with van der Waals surface area (Å²) in [4.78, 5) is 4.54. The molecule has 1 aliphatic heterocycles. The quantitative estimate of drug-likeness (QED) is 0.806. The van der Waals surface area contributed by atoms with Crippen molar-refractivity contribution >= 4 is 16.7 Å². The van der Waals surface area contributed by atoms with E-state index in [4.69, 9.17) is 4.74 Å². The van der Waals surface area contributed by atoms with Crippen LogP contribution in [0.2, 0.25) is 0 Å². The Balaban J connectivity index is 1.93. The second-order valence-electron chi connectivity index (χ2n) is 5.01. The Morgan fingerprint density at radius 3 is 2.95 bits per heavy atom. The summed E-state index contributed by atoms with van der Waals surface area (Å²) in [5, 5.41) is 3.49. The molecule has 0 amide bonds. The average molecular weight is 285 g/mol. The molecule has 0 spiro atoms. The summed E-state index contributed by atoms with van der Waals surface area (Å²) in [5.74, 6) is 2.55. The van der Waals surface area contributed by atoms with E-state index >= 15 is 0 Å². The van der Waals surface area contributed by atoms with Crippen LogP contribution >= 0.6 is 0 Å². The molecule has 1 N–H and O–H groups in total. The van der Waals surface area contributed by atoms with Crippen molar-refractivity contribution < 1.29 is 8.95 Å². The highest BCUT2D eigenvalue weighted by Gasteiger charge is 2.19. The van der Waals surface area contributed by atoms with Gasteiger partial charge in [0.1, 0.15) is 0 Å².